The van der Waals surface area contributed by atoms with Gasteiger partial charge in [0.05, 0.1) is 0 Å². The van der Waals surface area contributed by atoms with Crippen molar-refractivity contribution in [3.8, 4) is 11.1 Å². The van der Waals surface area contributed by atoms with E-state index in [1.165, 1.54) is 28.9 Å². The molecule has 1 aliphatic rings. The van der Waals surface area contributed by atoms with Gasteiger partial charge in [-0.25, -0.2) is 4.39 Å². The number of pyridine rings is 1. The van der Waals surface area contributed by atoms with Crippen molar-refractivity contribution in [3.05, 3.63) is 83.9 Å². The summed E-state index contributed by atoms with van der Waals surface area (Å²) < 4.78 is 13.1. The van der Waals surface area contributed by atoms with Crippen molar-refractivity contribution in [1.29, 1.82) is 0 Å². The summed E-state index contributed by atoms with van der Waals surface area (Å²) in [5.74, 6) is -0.214. The number of rotatable bonds is 4. The van der Waals surface area contributed by atoms with Crippen LogP contribution in [0.5, 0.6) is 0 Å². The van der Waals surface area contributed by atoms with Gasteiger partial charge in [0.25, 0.3) is 0 Å². The Bertz CT molecular complexity index is 910. The summed E-state index contributed by atoms with van der Waals surface area (Å²) in [4.78, 5) is 9.34. The number of aryl methyl sites for hydroxylation is 1. The molecule has 1 aromatic heterocycles. The highest BCUT2D eigenvalue weighted by Gasteiger charge is 2.18. The Labute approximate surface area is 184 Å². The minimum Gasteiger partial charge on any atom is -0.369 e. The van der Waals surface area contributed by atoms with Crippen LogP contribution in [0.1, 0.15) is 11.1 Å². The number of halogens is 3. The van der Waals surface area contributed by atoms with Crippen LogP contribution in [0.3, 0.4) is 0 Å². The Hall–Kier alpha value is -2.14. The topological polar surface area (TPSA) is 19.4 Å². The molecule has 1 saturated heterocycles. The van der Waals surface area contributed by atoms with Gasteiger partial charge in [-0.3, -0.25) is 9.88 Å². The number of aromatic nitrogens is 1. The number of nitrogens with zero attached hydrogens (tertiary/aromatic N) is 3. The minimum absolute atomic E-state index is 0. The molecule has 154 valence electrons. The van der Waals surface area contributed by atoms with Crippen molar-refractivity contribution in [2.75, 3.05) is 31.1 Å². The van der Waals surface area contributed by atoms with Gasteiger partial charge in [-0.15, -0.1) is 24.8 Å². The molecule has 0 aliphatic carbocycles. The van der Waals surface area contributed by atoms with Gasteiger partial charge in [0.15, 0.2) is 0 Å². The summed E-state index contributed by atoms with van der Waals surface area (Å²) in [6, 6.07) is 17.3. The largest absolute Gasteiger partial charge is 0.369 e. The molecule has 1 fully saturated rings. The van der Waals surface area contributed by atoms with E-state index >= 15 is 0 Å². The first kappa shape index (κ1) is 23.1. The van der Waals surface area contributed by atoms with Gasteiger partial charge in [0.1, 0.15) is 5.82 Å². The van der Waals surface area contributed by atoms with Gasteiger partial charge in [0, 0.05) is 56.4 Å². The van der Waals surface area contributed by atoms with Gasteiger partial charge < -0.3 is 4.90 Å². The molecule has 0 radical (unpaired) electrons. The van der Waals surface area contributed by atoms with Crippen LogP contribution in [0.25, 0.3) is 11.1 Å². The summed E-state index contributed by atoms with van der Waals surface area (Å²) in [5.41, 5.74) is 5.90. The van der Waals surface area contributed by atoms with Crippen molar-refractivity contribution < 1.29 is 4.39 Å². The molecular formula is C23H26Cl2FN3. The van der Waals surface area contributed by atoms with E-state index in [9.17, 15) is 4.39 Å². The van der Waals surface area contributed by atoms with E-state index in [2.05, 4.69) is 52.0 Å². The fraction of sp³-hybridized carbons (Fsp3) is 0.261. The third-order valence-corrected chi connectivity index (χ3v) is 5.21. The minimum atomic E-state index is -0.214. The van der Waals surface area contributed by atoms with Crippen molar-refractivity contribution in [3.63, 3.8) is 0 Å². The number of hydrogen-bond donors (Lipinski definition) is 0. The van der Waals surface area contributed by atoms with Crippen molar-refractivity contribution >= 4 is 30.5 Å². The number of para-hydroxylation sites is 1. The summed E-state index contributed by atoms with van der Waals surface area (Å²) >= 11 is 0. The van der Waals surface area contributed by atoms with Crippen molar-refractivity contribution in [1.82, 2.24) is 9.88 Å². The molecule has 0 saturated carbocycles. The lowest BCUT2D eigenvalue weighted by molar-refractivity contribution is 0.249. The number of anilines is 1. The Morgan fingerprint density at radius 3 is 2.24 bits per heavy atom. The summed E-state index contributed by atoms with van der Waals surface area (Å²) in [7, 11) is 0. The molecule has 4 rings (SSSR count). The molecule has 0 atom stereocenters. The SMILES string of the molecule is Cc1ccccc1N1CCN(Cc2cncc(-c3ccc(F)cc3)c2)CC1.Cl.Cl. The van der Waals surface area contributed by atoms with E-state index in [0.29, 0.717) is 0 Å². The maximum Gasteiger partial charge on any atom is 0.123 e. The summed E-state index contributed by atoms with van der Waals surface area (Å²) in [5, 5.41) is 0. The predicted molar refractivity (Wildman–Crippen MR) is 123 cm³/mol. The van der Waals surface area contributed by atoms with Crippen molar-refractivity contribution in [2.24, 2.45) is 0 Å². The lowest BCUT2D eigenvalue weighted by Crippen LogP contribution is -2.46. The first-order valence-corrected chi connectivity index (χ1v) is 9.42. The van der Waals surface area contributed by atoms with Crippen LogP contribution in [0, 0.1) is 12.7 Å². The molecule has 29 heavy (non-hydrogen) atoms. The van der Waals surface area contributed by atoms with Gasteiger partial charge in [-0.05, 0) is 47.9 Å². The standard InChI is InChI=1S/C23H24FN3.2ClH/c1-18-4-2-3-5-23(18)27-12-10-26(11-13-27)17-19-14-21(16-25-15-19)20-6-8-22(24)9-7-20;;/h2-9,14-16H,10-13,17H2,1H3;2*1H. The second-order valence-electron chi connectivity index (χ2n) is 7.14. The molecule has 0 bridgehead atoms. The number of hydrogen-bond acceptors (Lipinski definition) is 3. The fourth-order valence-corrected chi connectivity index (χ4v) is 3.70. The smallest absolute Gasteiger partial charge is 0.123 e. The van der Waals surface area contributed by atoms with E-state index in [0.717, 1.165) is 43.9 Å². The van der Waals surface area contributed by atoms with Gasteiger partial charge in [-0.2, -0.15) is 0 Å². The van der Waals surface area contributed by atoms with Gasteiger partial charge in [0.2, 0.25) is 0 Å². The van der Waals surface area contributed by atoms with E-state index in [4.69, 9.17) is 0 Å². The third kappa shape index (κ3) is 5.69. The average molecular weight is 434 g/mol. The Balaban J connectivity index is 0.00000150. The molecule has 0 amide bonds. The molecule has 0 spiro atoms. The first-order valence-electron chi connectivity index (χ1n) is 9.42. The molecule has 0 N–H and O–H groups in total. The summed E-state index contributed by atoms with van der Waals surface area (Å²) in [6.45, 7) is 7.22. The van der Waals surface area contributed by atoms with Crippen LogP contribution in [0.15, 0.2) is 67.0 Å². The Morgan fingerprint density at radius 1 is 0.862 bits per heavy atom. The highest BCUT2D eigenvalue weighted by atomic mass is 35.5. The Morgan fingerprint density at radius 2 is 1.55 bits per heavy atom. The second-order valence-corrected chi connectivity index (χ2v) is 7.14. The van der Waals surface area contributed by atoms with Crippen molar-refractivity contribution in [2.45, 2.75) is 13.5 Å². The van der Waals surface area contributed by atoms with Crippen LogP contribution in [0.4, 0.5) is 10.1 Å². The predicted octanol–water partition coefficient (Wildman–Crippen LogP) is 5.36. The maximum atomic E-state index is 13.1. The molecular weight excluding hydrogens is 408 g/mol. The zero-order valence-corrected chi connectivity index (χ0v) is 18.1. The van der Waals surface area contributed by atoms with Crippen LogP contribution in [-0.2, 0) is 6.54 Å². The highest BCUT2D eigenvalue weighted by molar-refractivity contribution is 5.85. The van der Waals surface area contributed by atoms with Gasteiger partial charge >= 0.3 is 0 Å². The quantitative estimate of drug-likeness (QED) is 0.551. The zero-order valence-electron chi connectivity index (χ0n) is 16.4. The van der Waals surface area contributed by atoms with Crippen LogP contribution in [0.2, 0.25) is 0 Å². The third-order valence-electron chi connectivity index (χ3n) is 5.21. The first-order chi connectivity index (χ1) is 13.2. The normalized spacial score (nSPS) is 14.1. The maximum absolute atomic E-state index is 13.1. The monoisotopic (exact) mass is 433 g/mol. The van der Waals surface area contributed by atoms with E-state index in [1.54, 1.807) is 12.1 Å². The lowest BCUT2D eigenvalue weighted by atomic mass is 10.1. The molecule has 2 heterocycles. The highest BCUT2D eigenvalue weighted by Crippen LogP contribution is 2.23. The second kappa shape index (κ2) is 10.6. The summed E-state index contributed by atoms with van der Waals surface area (Å²) in [6.07, 6.45) is 3.77. The fourth-order valence-electron chi connectivity index (χ4n) is 3.70. The molecule has 3 aromatic rings. The zero-order chi connectivity index (χ0) is 18.6. The van der Waals surface area contributed by atoms with E-state index in [1.807, 2.05) is 12.4 Å². The van der Waals surface area contributed by atoms with Crippen LogP contribution < -0.4 is 4.90 Å². The Kier molecular flexibility index (Phi) is 8.45. The lowest BCUT2D eigenvalue weighted by Gasteiger charge is -2.36. The molecule has 1 aliphatic heterocycles. The average Bonchev–Trinajstić information content (AvgIpc) is 2.70. The molecule has 6 heteroatoms. The number of piperazine rings is 1. The van der Waals surface area contributed by atoms with E-state index in [-0.39, 0.29) is 30.6 Å². The number of benzene rings is 2. The molecule has 0 unspecified atom stereocenters. The van der Waals surface area contributed by atoms with Crippen LogP contribution >= 0.6 is 24.8 Å². The van der Waals surface area contributed by atoms with Crippen LogP contribution in [-0.4, -0.2) is 36.1 Å². The molecule has 3 nitrogen and oxygen atoms in total. The van der Waals surface area contributed by atoms with Gasteiger partial charge in [-0.1, -0.05) is 30.3 Å². The molecule has 2 aromatic carbocycles. The van der Waals surface area contributed by atoms with E-state index < -0.39 is 0 Å².